The third kappa shape index (κ3) is 4.95. The van der Waals surface area contributed by atoms with E-state index < -0.39 is 10.0 Å². The maximum atomic E-state index is 12.8. The molecule has 3 rings (SSSR count). The molecule has 0 bridgehead atoms. The maximum Gasteiger partial charge on any atom is 0.243 e. The number of hydrogen-bond acceptors (Lipinski definition) is 6. The van der Waals surface area contributed by atoms with Crippen molar-refractivity contribution in [3.8, 4) is 0 Å². The largest absolute Gasteiger partial charge is 0.378 e. The van der Waals surface area contributed by atoms with Crippen LogP contribution in [-0.4, -0.2) is 96.5 Å². The van der Waals surface area contributed by atoms with E-state index in [1.807, 2.05) is 25.1 Å². The van der Waals surface area contributed by atoms with E-state index in [4.69, 9.17) is 4.74 Å². The highest BCUT2D eigenvalue weighted by Gasteiger charge is 2.28. The number of aryl methyl sites for hydroxylation is 1. The minimum atomic E-state index is -3.62. The molecule has 1 amide bonds. The van der Waals surface area contributed by atoms with Crippen LogP contribution in [0.2, 0.25) is 0 Å². The van der Waals surface area contributed by atoms with E-state index >= 15 is 0 Å². The van der Waals surface area contributed by atoms with Gasteiger partial charge in [0.25, 0.3) is 0 Å². The Labute approximate surface area is 167 Å². The summed E-state index contributed by atoms with van der Waals surface area (Å²) in [6, 6.07) is 5.82. The van der Waals surface area contributed by atoms with Crippen molar-refractivity contribution in [1.82, 2.24) is 9.80 Å². The first-order chi connectivity index (χ1) is 13.3. The summed E-state index contributed by atoms with van der Waals surface area (Å²) in [5, 5.41) is 0. The van der Waals surface area contributed by atoms with Crippen molar-refractivity contribution < 1.29 is 17.9 Å². The molecule has 0 radical (unpaired) electrons. The zero-order chi connectivity index (χ0) is 20.3. The number of benzene rings is 1. The van der Waals surface area contributed by atoms with E-state index in [1.54, 1.807) is 4.90 Å². The van der Waals surface area contributed by atoms with E-state index in [9.17, 15) is 13.2 Å². The average Bonchev–Trinajstić information content (AvgIpc) is 2.66. The van der Waals surface area contributed by atoms with Crippen LogP contribution in [0.4, 0.5) is 11.4 Å². The summed E-state index contributed by atoms with van der Waals surface area (Å²) in [7, 11) is -1.54. The van der Waals surface area contributed by atoms with Crippen molar-refractivity contribution in [2.45, 2.75) is 6.92 Å². The van der Waals surface area contributed by atoms with Crippen LogP contribution in [0.5, 0.6) is 0 Å². The van der Waals surface area contributed by atoms with Crippen LogP contribution in [-0.2, 0) is 19.6 Å². The molecular weight excluding hydrogens is 380 g/mol. The summed E-state index contributed by atoms with van der Waals surface area (Å²) in [6.45, 7) is 7.18. The minimum absolute atomic E-state index is 0.191. The van der Waals surface area contributed by atoms with Crippen molar-refractivity contribution in [1.29, 1.82) is 0 Å². The molecule has 2 saturated heterocycles. The molecule has 0 aliphatic carbocycles. The summed E-state index contributed by atoms with van der Waals surface area (Å²) in [5.41, 5.74) is 2.40. The van der Waals surface area contributed by atoms with Crippen molar-refractivity contribution in [2.75, 3.05) is 81.5 Å². The SMILES string of the molecule is Cc1ccc(N2CCN(C)CC2)c(N(CC(=O)N2CCOCC2)S(C)(=O)=O)c1. The lowest BCUT2D eigenvalue weighted by atomic mass is 10.1. The van der Waals surface area contributed by atoms with Crippen LogP contribution >= 0.6 is 0 Å². The Kier molecular flexibility index (Phi) is 6.47. The molecule has 2 heterocycles. The standard InChI is InChI=1S/C19H30N4O4S/c1-16-4-5-17(21-8-6-20(2)7-9-21)18(14-16)23(28(3,25)26)15-19(24)22-10-12-27-13-11-22/h4-5,14H,6-13,15H2,1-3H3. The fourth-order valence-corrected chi connectivity index (χ4v) is 4.41. The van der Waals surface area contributed by atoms with Gasteiger partial charge in [-0.2, -0.15) is 0 Å². The lowest BCUT2D eigenvalue weighted by Crippen LogP contribution is -2.48. The zero-order valence-corrected chi connectivity index (χ0v) is 17.7. The van der Waals surface area contributed by atoms with Crippen molar-refractivity contribution in [3.63, 3.8) is 0 Å². The fourth-order valence-electron chi connectivity index (χ4n) is 3.56. The number of piperazine rings is 1. The first kappa shape index (κ1) is 20.9. The van der Waals surface area contributed by atoms with E-state index in [0.29, 0.717) is 32.0 Å². The van der Waals surface area contributed by atoms with Crippen LogP contribution in [0.3, 0.4) is 0 Å². The number of amides is 1. The Morgan fingerprint density at radius 1 is 1.11 bits per heavy atom. The highest BCUT2D eigenvalue weighted by Crippen LogP contribution is 2.33. The van der Waals surface area contributed by atoms with Gasteiger partial charge in [-0.05, 0) is 31.7 Å². The number of sulfonamides is 1. The van der Waals surface area contributed by atoms with E-state index in [0.717, 1.165) is 43.7 Å². The smallest absolute Gasteiger partial charge is 0.243 e. The number of nitrogens with zero attached hydrogens (tertiary/aromatic N) is 4. The van der Waals surface area contributed by atoms with Crippen LogP contribution in [0.15, 0.2) is 18.2 Å². The molecule has 8 nitrogen and oxygen atoms in total. The monoisotopic (exact) mass is 410 g/mol. The van der Waals surface area contributed by atoms with Crippen molar-refractivity contribution >= 4 is 27.3 Å². The normalized spacial score (nSPS) is 19.0. The van der Waals surface area contributed by atoms with Gasteiger partial charge >= 0.3 is 0 Å². The number of rotatable bonds is 5. The van der Waals surface area contributed by atoms with Gasteiger partial charge in [-0.15, -0.1) is 0 Å². The summed E-state index contributed by atoms with van der Waals surface area (Å²) >= 11 is 0. The third-order valence-corrected chi connectivity index (χ3v) is 6.41. The Morgan fingerprint density at radius 2 is 1.75 bits per heavy atom. The minimum Gasteiger partial charge on any atom is -0.378 e. The first-order valence-electron chi connectivity index (χ1n) is 9.63. The molecule has 0 saturated carbocycles. The average molecular weight is 411 g/mol. The highest BCUT2D eigenvalue weighted by atomic mass is 32.2. The molecular formula is C19H30N4O4S. The summed E-state index contributed by atoms with van der Waals surface area (Å²) in [6.07, 6.45) is 1.16. The third-order valence-electron chi connectivity index (χ3n) is 5.29. The highest BCUT2D eigenvalue weighted by molar-refractivity contribution is 7.92. The molecule has 0 N–H and O–H groups in total. The Morgan fingerprint density at radius 3 is 2.36 bits per heavy atom. The molecule has 2 aliphatic rings. The fraction of sp³-hybridized carbons (Fsp3) is 0.632. The van der Waals surface area contributed by atoms with Gasteiger partial charge in [0.05, 0.1) is 30.8 Å². The van der Waals surface area contributed by atoms with E-state index in [-0.39, 0.29) is 12.5 Å². The van der Waals surface area contributed by atoms with Crippen molar-refractivity contribution in [3.05, 3.63) is 23.8 Å². The van der Waals surface area contributed by atoms with Crippen LogP contribution in [0.25, 0.3) is 0 Å². The summed E-state index contributed by atoms with van der Waals surface area (Å²) < 4.78 is 31.9. The molecule has 28 heavy (non-hydrogen) atoms. The first-order valence-corrected chi connectivity index (χ1v) is 11.5. The molecule has 156 valence electrons. The second-order valence-electron chi connectivity index (χ2n) is 7.55. The van der Waals surface area contributed by atoms with Gasteiger partial charge in [-0.3, -0.25) is 9.10 Å². The molecule has 0 spiro atoms. The molecule has 0 unspecified atom stereocenters. The van der Waals surface area contributed by atoms with Gasteiger partial charge < -0.3 is 19.4 Å². The molecule has 1 aromatic carbocycles. The molecule has 1 aromatic rings. The zero-order valence-electron chi connectivity index (χ0n) is 16.9. The quantitative estimate of drug-likeness (QED) is 0.699. The molecule has 2 aliphatic heterocycles. The van der Waals surface area contributed by atoms with E-state index in [2.05, 4.69) is 16.8 Å². The number of ether oxygens (including phenoxy) is 1. The van der Waals surface area contributed by atoms with Crippen LogP contribution in [0.1, 0.15) is 5.56 Å². The molecule has 0 atom stereocenters. The summed E-state index contributed by atoms with van der Waals surface area (Å²) in [5.74, 6) is -0.195. The van der Waals surface area contributed by atoms with Crippen LogP contribution < -0.4 is 9.21 Å². The topological polar surface area (TPSA) is 73.4 Å². The molecule has 0 aromatic heterocycles. The van der Waals surface area contributed by atoms with E-state index in [1.165, 1.54) is 4.31 Å². The Balaban J connectivity index is 1.91. The second-order valence-corrected chi connectivity index (χ2v) is 9.45. The predicted octanol–water partition coefficient (Wildman–Crippen LogP) is 0.372. The van der Waals surface area contributed by atoms with Gasteiger partial charge in [0.2, 0.25) is 15.9 Å². The van der Waals surface area contributed by atoms with Gasteiger partial charge in [0.1, 0.15) is 6.54 Å². The number of likely N-dealkylation sites (N-methyl/N-ethyl adjacent to an activating group) is 1. The number of morpholine rings is 1. The van der Waals surface area contributed by atoms with Gasteiger partial charge in [0.15, 0.2) is 0 Å². The number of carbonyl (C=O) groups excluding carboxylic acids is 1. The lowest BCUT2D eigenvalue weighted by Gasteiger charge is -2.37. The summed E-state index contributed by atoms with van der Waals surface area (Å²) in [4.78, 5) is 18.9. The van der Waals surface area contributed by atoms with Gasteiger partial charge in [-0.1, -0.05) is 6.07 Å². The molecule has 2 fully saturated rings. The van der Waals surface area contributed by atoms with Gasteiger partial charge in [-0.25, -0.2) is 8.42 Å². The Bertz CT molecular complexity index is 800. The van der Waals surface area contributed by atoms with Crippen LogP contribution in [0, 0.1) is 6.92 Å². The molecule has 9 heteroatoms. The Hall–Kier alpha value is -1.84. The number of hydrogen-bond donors (Lipinski definition) is 0. The van der Waals surface area contributed by atoms with Crippen molar-refractivity contribution in [2.24, 2.45) is 0 Å². The van der Waals surface area contributed by atoms with Gasteiger partial charge in [0, 0.05) is 39.3 Å². The number of carbonyl (C=O) groups is 1. The second kappa shape index (κ2) is 8.67. The maximum absolute atomic E-state index is 12.8. The lowest BCUT2D eigenvalue weighted by molar-refractivity contribution is -0.133. The number of anilines is 2. The predicted molar refractivity (Wildman–Crippen MR) is 110 cm³/mol.